The van der Waals surface area contributed by atoms with E-state index in [-0.39, 0.29) is 0 Å². The van der Waals surface area contributed by atoms with E-state index in [1.165, 1.54) is 32.1 Å². The van der Waals surface area contributed by atoms with Gasteiger partial charge in [0.25, 0.3) is 0 Å². The van der Waals surface area contributed by atoms with Crippen LogP contribution in [0, 0.1) is 4.91 Å². The van der Waals surface area contributed by atoms with E-state index < -0.39 is 6.29 Å². The Morgan fingerprint density at radius 2 is 1.73 bits per heavy atom. The topological polar surface area (TPSA) is 47.9 Å². The van der Waals surface area contributed by atoms with E-state index in [0.717, 1.165) is 12.8 Å². The molecule has 0 spiro atoms. The van der Waals surface area contributed by atoms with Crippen LogP contribution in [0.25, 0.3) is 0 Å². The van der Waals surface area contributed by atoms with E-state index in [0.29, 0.717) is 6.61 Å². The third-order valence-corrected chi connectivity index (χ3v) is 2.31. The zero-order valence-corrected chi connectivity index (χ0v) is 9.91. The van der Waals surface area contributed by atoms with Crippen molar-refractivity contribution in [3.63, 3.8) is 0 Å². The molecule has 1 atom stereocenters. The number of rotatable bonds is 11. The molecule has 0 radical (unpaired) electrons. The Morgan fingerprint density at radius 3 is 2.33 bits per heavy atom. The van der Waals surface area contributed by atoms with Gasteiger partial charge in [0.1, 0.15) is 0 Å². The highest BCUT2D eigenvalue weighted by molar-refractivity contribution is 4.48. The summed E-state index contributed by atoms with van der Waals surface area (Å²) in [5, 5.41) is 2.41. The Hall–Kier alpha value is -0.640. The maximum Gasteiger partial charge on any atom is 0.230 e. The second-order valence-corrected chi connectivity index (χ2v) is 3.62. The maximum absolute atomic E-state index is 9.91. The molecule has 0 amide bonds. The van der Waals surface area contributed by atoms with E-state index in [1.54, 1.807) is 0 Å². The first-order valence-corrected chi connectivity index (χ1v) is 5.95. The van der Waals surface area contributed by atoms with Crippen molar-refractivity contribution in [1.29, 1.82) is 0 Å². The normalized spacial score (nSPS) is 12.4. The first kappa shape index (κ1) is 14.4. The van der Waals surface area contributed by atoms with Crippen LogP contribution in [0.2, 0.25) is 0 Å². The van der Waals surface area contributed by atoms with Crippen molar-refractivity contribution in [3.8, 4) is 0 Å². The van der Waals surface area contributed by atoms with Gasteiger partial charge in [0.15, 0.2) is 5.34 Å². The summed E-state index contributed by atoms with van der Waals surface area (Å²) in [4.78, 5) is 14.5. The minimum atomic E-state index is -0.446. The predicted octanol–water partition coefficient (Wildman–Crippen LogP) is 3.80. The minimum absolute atomic E-state index is 0.446. The van der Waals surface area contributed by atoms with Crippen molar-refractivity contribution >= 4 is 0 Å². The number of hydrogen-bond donors (Lipinski definition) is 0. The van der Waals surface area contributed by atoms with Crippen LogP contribution < -0.4 is 0 Å². The summed E-state index contributed by atoms with van der Waals surface area (Å²) >= 11 is 0. The third kappa shape index (κ3) is 9.66. The van der Waals surface area contributed by atoms with Gasteiger partial charge in [-0.25, -0.2) is 0 Å². The molecular weight excluding hydrogens is 194 g/mol. The summed E-state index contributed by atoms with van der Waals surface area (Å²) in [6, 6.07) is 0. The average molecular weight is 217 g/mol. The van der Waals surface area contributed by atoms with Crippen molar-refractivity contribution in [3.05, 3.63) is 4.91 Å². The lowest BCUT2D eigenvalue weighted by Gasteiger charge is -2.12. The van der Waals surface area contributed by atoms with Crippen LogP contribution in [-0.2, 0) is 9.57 Å². The molecule has 0 aromatic heterocycles. The van der Waals surface area contributed by atoms with Crippen LogP contribution in [0.5, 0.6) is 0 Å². The van der Waals surface area contributed by atoms with Crippen molar-refractivity contribution in [1.82, 2.24) is 0 Å². The van der Waals surface area contributed by atoms with E-state index in [1.807, 2.05) is 6.92 Å². The van der Waals surface area contributed by atoms with Gasteiger partial charge in [-0.3, -0.25) is 0 Å². The molecule has 0 saturated heterocycles. The molecule has 0 aromatic carbocycles. The van der Waals surface area contributed by atoms with Gasteiger partial charge in [0, 0.05) is 13.0 Å². The smallest absolute Gasteiger partial charge is 0.230 e. The van der Waals surface area contributed by atoms with E-state index >= 15 is 0 Å². The number of unbranched alkanes of at least 4 members (excludes halogenated alkanes) is 5. The van der Waals surface area contributed by atoms with Gasteiger partial charge in [-0.15, -0.1) is 4.91 Å². The molecule has 0 aliphatic rings. The Morgan fingerprint density at radius 1 is 1.07 bits per heavy atom. The first-order valence-electron chi connectivity index (χ1n) is 5.95. The fraction of sp³-hybridized carbons (Fsp3) is 1.00. The largest absolute Gasteiger partial charge is 0.341 e. The second-order valence-electron chi connectivity index (χ2n) is 3.62. The molecule has 4 nitrogen and oxygen atoms in total. The Labute approximate surface area is 92.3 Å². The fourth-order valence-corrected chi connectivity index (χ4v) is 1.49. The van der Waals surface area contributed by atoms with E-state index in [4.69, 9.17) is 4.74 Å². The molecule has 0 fully saturated rings. The summed E-state index contributed by atoms with van der Waals surface area (Å²) in [7, 11) is 0. The van der Waals surface area contributed by atoms with E-state index in [9.17, 15) is 4.91 Å². The molecular formula is C11H23NO3. The predicted molar refractivity (Wildman–Crippen MR) is 60.3 cm³/mol. The maximum atomic E-state index is 9.91. The monoisotopic (exact) mass is 217 g/mol. The molecule has 0 rings (SSSR count). The van der Waals surface area contributed by atoms with Gasteiger partial charge in [0.2, 0.25) is 6.29 Å². The van der Waals surface area contributed by atoms with Crippen molar-refractivity contribution < 1.29 is 9.57 Å². The van der Waals surface area contributed by atoms with Crippen LogP contribution in [0.1, 0.15) is 58.8 Å². The van der Waals surface area contributed by atoms with Gasteiger partial charge in [-0.2, -0.15) is 0 Å². The van der Waals surface area contributed by atoms with Gasteiger partial charge in [-0.1, -0.05) is 39.0 Å². The van der Waals surface area contributed by atoms with Crippen LogP contribution >= 0.6 is 0 Å². The minimum Gasteiger partial charge on any atom is -0.341 e. The highest BCUT2D eigenvalue weighted by Crippen LogP contribution is 2.11. The zero-order chi connectivity index (χ0) is 11.4. The number of hydrogen-bond acceptors (Lipinski definition) is 4. The summed E-state index contributed by atoms with van der Waals surface area (Å²) in [6.45, 7) is 4.63. The second kappa shape index (κ2) is 11.4. The van der Waals surface area contributed by atoms with Gasteiger partial charge >= 0.3 is 0 Å². The quantitative estimate of drug-likeness (QED) is 0.229. The summed E-state index contributed by atoms with van der Waals surface area (Å²) in [5.41, 5.74) is 0. The molecule has 15 heavy (non-hydrogen) atoms. The number of ether oxygens (including phenoxy) is 1. The molecule has 0 aromatic rings. The van der Waals surface area contributed by atoms with Crippen LogP contribution in [0.15, 0.2) is 5.34 Å². The standard InChI is InChI=1S/C11H23NO3/c1-3-5-6-7-8-9-10-11(14-4-2)15-12-13/h11H,3-10H2,1-2H3. The van der Waals surface area contributed by atoms with E-state index in [2.05, 4.69) is 17.1 Å². The molecule has 0 aliphatic carbocycles. The van der Waals surface area contributed by atoms with Crippen molar-refractivity contribution in [2.75, 3.05) is 6.61 Å². The summed E-state index contributed by atoms with van der Waals surface area (Å²) in [5.74, 6) is 0. The molecule has 0 heterocycles. The van der Waals surface area contributed by atoms with Crippen LogP contribution in [0.4, 0.5) is 0 Å². The van der Waals surface area contributed by atoms with Crippen molar-refractivity contribution in [2.45, 2.75) is 65.1 Å². The molecule has 0 aliphatic heterocycles. The average Bonchev–Trinajstić information content (AvgIpc) is 2.24. The van der Waals surface area contributed by atoms with Gasteiger partial charge in [0.05, 0.1) is 0 Å². The SMILES string of the molecule is CCCCCCCCC(OCC)ON=O. The highest BCUT2D eigenvalue weighted by atomic mass is 16.8. The summed E-state index contributed by atoms with van der Waals surface area (Å²) < 4.78 is 5.19. The Bertz CT molecular complexity index is 142. The zero-order valence-electron chi connectivity index (χ0n) is 9.91. The lowest BCUT2D eigenvalue weighted by Crippen LogP contribution is -2.14. The molecule has 0 N–H and O–H groups in total. The summed E-state index contributed by atoms with van der Waals surface area (Å²) in [6.07, 6.45) is 7.63. The fourth-order valence-electron chi connectivity index (χ4n) is 1.49. The Balaban J connectivity index is 3.32. The third-order valence-electron chi connectivity index (χ3n) is 2.31. The Kier molecular flexibility index (Phi) is 10.9. The number of nitrogens with zero attached hydrogens (tertiary/aromatic N) is 1. The van der Waals surface area contributed by atoms with Crippen molar-refractivity contribution in [2.24, 2.45) is 5.34 Å². The first-order chi connectivity index (χ1) is 7.35. The highest BCUT2D eigenvalue weighted by Gasteiger charge is 2.08. The molecule has 0 bridgehead atoms. The van der Waals surface area contributed by atoms with Gasteiger partial charge in [-0.05, 0) is 13.3 Å². The molecule has 90 valence electrons. The lowest BCUT2D eigenvalue weighted by atomic mass is 10.1. The molecule has 1 unspecified atom stereocenters. The lowest BCUT2D eigenvalue weighted by molar-refractivity contribution is -0.144. The van der Waals surface area contributed by atoms with Crippen LogP contribution in [-0.4, -0.2) is 12.9 Å². The van der Waals surface area contributed by atoms with Gasteiger partial charge < -0.3 is 9.57 Å². The molecule has 0 saturated carbocycles. The van der Waals surface area contributed by atoms with Crippen LogP contribution in [0.3, 0.4) is 0 Å². The molecule has 4 heteroatoms.